The average molecular weight is 249 g/mol. The molecule has 4 nitrogen and oxygen atoms in total. The van der Waals surface area contributed by atoms with Gasteiger partial charge in [0.05, 0.1) is 6.54 Å². The van der Waals surface area contributed by atoms with Crippen LogP contribution in [0.1, 0.15) is 31.2 Å². The van der Waals surface area contributed by atoms with Gasteiger partial charge in [0.15, 0.2) is 0 Å². The normalized spacial score (nSPS) is 16.3. The van der Waals surface area contributed by atoms with E-state index < -0.39 is 5.97 Å². The van der Waals surface area contributed by atoms with Gasteiger partial charge in [-0.3, -0.25) is 9.69 Å². The Kier molecular flexibility index (Phi) is 4.20. The van der Waals surface area contributed by atoms with E-state index in [-0.39, 0.29) is 12.3 Å². The van der Waals surface area contributed by atoms with Crippen molar-refractivity contribution >= 4 is 5.97 Å². The Bertz CT molecular complexity index is 413. The van der Waals surface area contributed by atoms with Gasteiger partial charge in [0.25, 0.3) is 0 Å². The van der Waals surface area contributed by atoms with Crippen LogP contribution in [0.5, 0.6) is 5.75 Å². The zero-order chi connectivity index (χ0) is 13.0. The van der Waals surface area contributed by atoms with E-state index in [2.05, 4.69) is 0 Å². The number of phenols is 1. The lowest BCUT2D eigenvalue weighted by Crippen LogP contribution is -2.37. The minimum absolute atomic E-state index is 0.0407. The van der Waals surface area contributed by atoms with Crippen LogP contribution in [-0.2, 0) is 11.3 Å². The highest BCUT2D eigenvalue weighted by Crippen LogP contribution is 2.26. The van der Waals surface area contributed by atoms with Crippen LogP contribution in [0.15, 0.2) is 24.3 Å². The molecule has 0 bridgehead atoms. The van der Waals surface area contributed by atoms with Gasteiger partial charge in [-0.2, -0.15) is 0 Å². The monoisotopic (exact) mass is 249 g/mol. The Morgan fingerprint density at radius 1 is 1.28 bits per heavy atom. The maximum absolute atomic E-state index is 10.9. The van der Waals surface area contributed by atoms with Gasteiger partial charge >= 0.3 is 5.97 Å². The summed E-state index contributed by atoms with van der Waals surface area (Å²) in [6.07, 6.45) is 4.45. The molecule has 98 valence electrons. The molecule has 2 rings (SSSR count). The third kappa shape index (κ3) is 3.23. The molecule has 1 fully saturated rings. The molecule has 0 amide bonds. The fourth-order valence-corrected chi connectivity index (χ4v) is 2.62. The second kappa shape index (κ2) is 5.87. The summed E-state index contributed by atoms with van der Waals surface area (Å²) < 4.78 is 0. The zero-order valence-corrected chi connectivity index (χ0v) is 10.4. The van der Waals surface area contributed by atoms with Gasteiger partial charge in [-0.1, -0.05) is 31.0 Å². The molecule has 0 aliphatic heterocycles. The van der Waals surface area contributed by atoms with Crippen LogP contribution in [0.3, 0.4) is 0 Å². The van der Waals surface area contributed by atoms with Crippen molar-refractivity contribution < 1.29 is 15.0 Å². The third-order valence-corrected chi connectivity index (χ3v) is 3.54. The number of carboxylic acids is 1. The smallest absolute Gasteiger partial charge is 0.317 e. The van der Waals surface area contributed by atoms with E-state index in [9.17, 15) is 9.90 Å². The Balaban J connectivity index is 2.09. The van der Waals surface area contributed by atoms with Crippen molar-refractivity contribution in [2.45, 2.75) is 38.3 Å². The zero-order valence-electron chi connectivity index (χ0n) is 10.4. The summed E-state index contributed by atoms with van der Waals surface area (Å²) in [5, 5.41) is 18.7. The van der Waals surface area contributed by atoms with Crippen LogP contribution in [0, 0.1) is 0 Å². The topological polar surface area (TPSA) is 60.8 Å². The SMILES string of the molecule is O=C(O)CN(Cc1ccccc1O)C1CCCC1. The summed E-state index contributed by atoms with van der Waals surface area (Å²) in [4.78, 5) is 12.9. The first-order chi connectivity index (χ1) is 8.66. The number of aliphatic carboxylic acids is 1. The molecule has 0 heterocycles. The number of phenolic OH excluding ortho intramolecular Hbond substituents is 1. The summed E-state index contributed by atoms with van der Waals surface area (Å²) in [5.41, 5.74) is 0.797. The number of benzene rings is 1. The minimum atomic E-state index is -0.808. The quantitative estimate of drug-likeness (QED) is 0.840. The first-order valence-electron chi connectivity index (χ1n) is 6.39. The molecule has 0 aromatic heterocycles. The van der Waals surface area contributed by atoms with Crippen LogP contribution in [0.25, 0.3) is 0 Å². The van der Waals surface area contributed by atoms with E-state index in [1.54, 1.807) is 12.1 Å². The molecule has 18 heavy (non-hydrogen) atoms. The average Bonchev–Trinajstić information content (AvgIpc) is 2.84. The van der Waals surface area contributed by atoms with Gasteiger partial charge in [-0.05, 0) is 18.9 Å². The molecule has 0 radical (unpaired) electrons. The Morgan fingerprint density at radius 3 is 2.56 bits per heavy atom. The molecule has 1 aromatic carbocycles. The maximum atomic E-state index is 10.9. The summed E-state index contributed by atoms with van der Waals surface area (Å²) in [5.74, 6) is -0.566. The molecule has 1 saturated carbocycles. The number of para-hydroxylation sites is 1. The van der Waals surface area contributed by atoms with Crippen molar-refractivity contribution in [3.63, 3.8) is 0 Å². The standard InChI is InChI=1S/C14H19NO3/c16-13-8-4-1-5-11(13)9-15(10-14(17)18)12-6-2-3-7-12/h1,4-5,8,12,16H,2-3,6-7,9-10H2,(H,17,18). The van der Waals surface area contributed by atoms with Gasteiger partial charge in [0.1, 0.15) is 5.75 Å². The predicted molar refractivity (Wildman–Crippen MR) is 68.4 cm³/mol. The highest BCUT2D eigenvalue weighted by atomic mass is 16.4. The predicted octanol–water partition coefficient (Wildman–Crippen LogP) is 2.22. The number of hydrogen-bond acceptors (Lipinski definition) is 3. The summed E-state index contributed by atoms with van der Waals surface area (Å²) >= 11 is 0. The number of rotatable bonds is 5. The lowest BCUT2D eigenvalue weighted by atomic mass is 10.1. The highest BCUT2D eigenvalue weighted by molar-refractivity contribution is 5.69. The second-order valence-corrected chi connectivity index (χ2v) is 4.87. The van der Waals surface area contributed by atoms with Crippen LogP contribution in [0.2, 0.25) is 0 Å². The molecular weight excluding hydrogens is 230 g/mol. The Morgan fingerprint density at radius 2 is 1.94 bits per heavy atom. The van der Waals surface area contributed by atoms with Gasteiger partial charge < -0.3 is 10.2 Å². The van der Waals surface area contributed by atoms with Crippen molar-refractivity contribution in [2.75, 3.05) is 6.54 Å². The molecule has 1 aromatic rings. The van der Waals surface area contributed by atoms with Crippen LogP contribution in [0.4, 0.5) is 0 Å². The van der Waals surface area contributed by atoms with E-state index in [4.69, 9.17) is 5.11 Å². The number of aromatic hydroxyl groups is 1. The Hall–Kier alpha value is -1.55. The lowest BCUT2D eigenvalue weighted by Gasteiger charge is -2.27. The number of nitrogens with zero attached hydrogens (tertiary/aromatic N) is 1. The Labute approximate surface area is 107 Å². The van der Waals surface area contributed by atoms with Crippen molar-refractivity contribution in [1.29, 1.82) is 0 Å². The summed E-state index contributed by atoms with van der Waals surface area (Å²) in [6, 6.07) is 7.46. The third-order valence-electron chi connectivity index (χ3n) is 3.54. The molecule has 4 heteroatoms. The molecule has 0 spiro atoms. The molecule has 0 unspecified atom stereocenters. The van der Waals surface area contributed by atoms with Crippen LogP contribution in [-0.4, -0.2) is 33.7 Å². The molecule has 0 atom stereocenters. The number of carbonyl (C=O) groups is 1. The molecule has 1 aliphatic carbocycles. The molecule has 0 saturated heterocycles. The van der Waals surface area contributed by atoms with Gasteiger partial charge in [0, 0.05) is 18.2 Å². The lowest BCUT2D eigenvalue weighted by molar-refractivity contribution is -0.139. The van der Waals surface area contributed by atoms with Gasteiger partial charge in [-0.25, -0.2) is 0 Å². The summed E-state index contributed by atoms with van der Waals surface area (Å²) in [6.45, 7) is 0.544. The van der Waals surface area contributed by atoms with E-state index >= 15 is 0 Å². The van der Waals surface area contributed by atoms with E-state index in [1.807, 2.05) is 17.0 Å². The molecular formula is C14H19NO3. The van der Waals surface area contributed by atoms with E-state index in [0.29, 0.717) is 12.6 Å². The van der Waals surface area contributed by atoms with E-state index in [1.165, 1.54) is 12.8 Å². The van der Waals surface area contributed by atoms with Gasteiger partial charge in [-0.15, -0.1) is 0 Å². The van der Waals surface area contributed by atoms with Crippen molar-refractivity contribution in [2.24, 2.45) is 0 Å². The first-order valence-corrected chi connectivity index (χ1v) is 6.39. The van der Waals surface area contributed by atoms with E-state index in [0.717, 1.165) is 18.4 Å². The van der Waals surface area contributed by atoms with Crippen molar-refractivity contribution in [3.8, 4) is 5.75 Å². The van der Waals surface area contributed by atoms with Crippen LogP contribution < -0.4 is 0 Å². The molecule has 1 aliphatic rings. The maximum Gasteiger partial charge on any atom is 0.317 e. The fourth-order valence-electron chi connectivity index (χ4n) is 2.62. The number of hydrogen-bond donors (Lipinski definition) is 2. The second-order valence-electron chi connectivity index (χ2n) is 4.87. The largest absolute Gasteiger partial charge is 0.508 e. The molecule has 2 N–H and O–H groups in total. The fraction of sp³-hybridized carbons (Fsp3) is 0.500. The van der Waals surface area contributed by atoms with Crippen LogP contribution >= 0.6 is 0 Å². The first kappa shape index (κ1) is 12.9. The number of carboxylic acid groups (broad SMARTS) is 1. The minimum Gasteiger partial charge on any atom is -0.508 e. The van der Waals surface area contributed by atoms with Gasteiger partial charge in [0.2, 0.25) is 0 Å². The highest BCUT2D eigenvalue weighted by Gasteiger charge is 2.24. The van der Waals surface area contributed by atoms with Crippen molar-refractivity contribution in [1.82, 2.24) is 4.90 Å². The van der Waals surface area contributed by atoms with Crippen molar-refractivity contribution in [3.05, 3.63) is 29.8 Å². The summed E-state index contributed by atoms with van der Waals surface area (Å²) in [7, 11) is 0.